The molecule has 0 saturated heterocycles. The van der Waals surface area contributed by atoms with Gasteiger partial charge in [-0.15, -0.1) is 0 Å². The summed E-state index contributed by atoms with van der Waals surface area (Å²) < 4.78 is 0. The molecular formula is C43H37N2Ni-. The summed E-state index contributed by atoms with van der Waals surface area (Å²) in [5.41, 5.74) is 11.6. The van der Waals surface area contributed by atoms with Gasteiger partial charge in [-0.05, 0) is 52.4 Å². The van der Waals surface area contributed by atoms with Gasteiger partial charge in [0, 0.05) is 34.0 Å². The summed E-state index contributed by atoms with van der Waals surface area (Å²) in [7, 11) is 0. The van der Waals surface area contributed by atoms with Crippen molar-refractivity contribution in [2.24, 2.45) is 9.98 Å². The van der Waals surface area contributed by atoms with Crippen LogP contribution in [0.2, 0.25) is 0 Å². The van der Waals surface area contributed by atoms with Gasteiger partial charge in [0.1, 0.15) is 0 Å². The Bertz CT molecular complexity index is 1840. The summed E-state index contributed by atoms with van der Waals surface area (Å²) in [6.45, 7) is 8.54. The van der Waals surface area contributed by atoms with Crippen LogP contribution in [0.4, 0.5) is 11.4 Å². The first-order chi connectivity index (χ1) is 22.1. The predicted molar refractivity (Wildman–Crippen MR) is 190 cm³/mol. The van der Waals surface area contributed by atoms with Gasteiger partial charge in [-0.2, -0.15) is 0 Å². The van der Waals surface area contributed by atoms with E-state index in [1.165, 1.54) is 27.8 Å². The van der Waals surface area contributed by atoms with Crippen molar-refractivity contribution >= 4 is 22.8 Å². The van der Waals surface area contributed by atoms with Gasteiger partial charge >= 0.3 is 0 Å². The fourth-order valence-electron chi connectivity index (χ4n) is 6.00. The van der Waals surface area contributed by atoms with E-state index in [0.29, 0.717) is 5.71 Å². The minimum absolute atomic E-state index is 0. The Hall–Kier alpha value is -4.98. The molecule has 2 nitrogen and oxygen atoms in total. The van der Waals surface area contributed by atoms with Gasteiger partial charge in [0.15, 0.2) is 0 Å². The van der Waals surface area contributed by atoms with E-state index >= 15 is 0 Å². The van der Waals surface area contributed by atoms with Gasteiger partial charge in [0.2, 0.25) is 0 Å². The Morgan fingerprint density at radius 1 is 0.478 bits per heavy atom. The van der Waals surface area contributed by atoms with Gasteiger partial charge in [0.25, 0.3) is 0 Å². The molecule has 0 spiro atoms. The van der Waals surface area contributed by atoms with Gasteiger partial charge in [-0.3, -0.25) is 4.99 Å². The molecule has 0 aliphatic heterocycles. The van der Waals surface area contributed by atoms with Crippen molar-refractivity contribution in [1.29, 1.82) is 0 Å². The molecule has 0 heterocycles. The summed E-state index contributed by atoms with van der Waals surface area (Å²) in [5.74, 6) is 0.0842. The second kappa shape index (κ2) is 15.3. The summed E-state index contributed by atoms with van der Waals surface area (Å²) in [6, 6.07) is 57.4. The molecule has 0 aromatic heterocycles. The molecule has 0 unspecified atom stereocenters. The quantitative estimate of drug-likeness (QED) is 0.0650. The van der Waals surface area contributed by atoms with Crippen LogP contribution in [0.5, 0.6) is 0 Å². The Morgan fingerprint density at radius 2 is 0.870 bits per heavy atom. The topological polar surface area (TPSA) is 24.7 Å². The van der Waals surface area contributed by atoms with Gasteiger partial charge in [-0.1, -0.05) is 176 Å². The fraction of sp³-hybridized carbons (Fsp3) is 0.0930. The maximum atomic E-state index is 5.16. The van der Waals surface area contributed by atoms with Crippen LogP contribution in [0.1, 0.15) is 57.7 Å². The monoisotopic (exact) mass is 639 g/mol. The number of rotatable bonds is 9. The number of aryl methyl sites for hydroxylation is 1. The summed E-state index contributed by atoms with van der Waals surface area (Å²) in [5, 5.41) is 0. The van der Waals surface area contributed by atoms with Crippen LogP contribution >= 0.6 is 0 Å². The Labute approximate surface area is 283 Å². The number of para-hydroxylation sites is 1. The standard InChI is InChI=1S/C43H37N2.Ni/c1-31-28-29-41(39(30-31)43(36-22-12-6-13-23-36)37-24-14-7-15-25-37)45-33(3)32(2)44-40-27-17-16-26-38(40)42(34-18-8-4-9-19-34)35-20-10-5-11-21-35;/h4-30,42-43H,3H2,1-2H3;/q-1;. The molecule has 0 fully saturated rings. The maximum absolute atomic E-state index is 5.16. The van der Waals surface area contributed by atoms with Crippen LogP contribution < -0.4 is 0 Å². The third-order valence-corrected chi connectivity index (χ3v) is 8.23. The molecule has 6 aromatic rings. The molecule has 46 heavy (non-hydrogen) atoms. The molecule has 0 N–H and O–H groups in total. The summed E-state index contributed by atoms with van der Waals surface area (Å²) in [4.78, 5) is 10.3. The SMILES string of the molecule is [CH2-]C(=Nc1ccc(C)cc1C(c1ccccc1)c1ccccc1)C(C)=Nc1ccccc1C(c1ccccc1)c1ccccc1.[Ni]. The smallest absolute Gasteiger partial charge is 0.0642 e. The van der Waals surface area contributed by atoms with Gasteiger partial charge in [-0.25, -0.2) is 6.92 Å². The van der Waals surface area contributed by atoms with Crippen LogP contribution in [0.15, 0.2) is 174 Å². The van der Waals surface area contributed by atoms with E-state index in [1.807, 2.05) is 13.0 Å². The average Bonchev–Trinajstić information content (AvgIpc) is 3.09. The first-order valence-electron chi connectivity index (χ1n) is 15.4. The molecule has 0 atom stereocenters. The van der Waals surface area contributed by atoms with E-state index in [0.717, 1.165) is 28.2 Å². The number of benzene rings is 6. The average molecular weight is 640 g/mol. The summed E-state index contributed by atoms with van der Waals surface area (Å²) >= 11 is 0. The molecule has 6 rings (SSSR count). The summed E-state index contributed by atoms with van der Waals surface area (Å²) in [6.07, 6.45) is 0. The first kappa shape index (κ1) is 32.4. The second-order valence-electron chi connectivity index (χ2n) is 11.4. The van der Waals surface area contributed by atoms with Crippen molar-refractivity contribution in [2.75, 3.05) is 0 Å². The zero-order valence-corrected chi connectivity index (χ0v) is 27.1. The van der Waals surface area contributed by atoms with Crippen molar-refractivity contribution < 1.29 is 16.5 Å². The second-order valence-corrected chi connectivity index (χ2v) is 11.4. The third kappa shape index (κ3) is 7.45. The zero-order valence-electron chi connectivity index (χ0n) is 26.2. The van der Waals surface area contributed by atoms with Crippen molar-refractivity contribution in [3.05, 3.63) is 210 Å². The van der Waals surface area contributed by atoms with E-state index in [1.54, 1.807) is 0 Å². The van der Waals surface area contributed by atoms with Gasteiger partial charge < -0.3 is 4.99 Å². The predicted octanol–water partition coefficient (Wildman–Crippen LogP) is 11.1. The minimum Gasteiger partial charge on any atom is -0.346 e. The fourth-order valence-corrected chi connectivity index (χ4v) is 6.00. The van der Waals surface area contributed by atoms with Crippen LogP contribution in [0.25, 0.3) is 0 Å². The molecule has 3 heteroatoms. The Balaban J connectivity index is 0.00000417. The first-order valence-corrected chi connectivity index (χ1v) is 15.4. The molecule has 0 bridgehead atoms. The van der Waals surface area contributed by atoms with Crippen molar-refractivity contribution in [3.63, 3.8) is 0 Å². The molecule has 0 aliphatic carbocycles. The normalized spacial score (nSPS) is 11.8. The largest absolute Gasteiger partial charge is 0.346 e. The number of nitrogens with zero attached hydrogens (tertiary/aromatic N) is 2. The Morgan fingerprint density at radius 3 is 1.35 bits per heavy atom. The van der Waals surface area contributed by atoms with Crippen molar-refractivity contribution in [1.82, 2.24) is 0 Å². The maximum Gasteiger partial charge on any atom is 0.0642 e. The number of aliphatic imine (C=N–C) groups is 2. The number of hydrogen-bond acceptors (Lipinski definition) is 2. The van der Waals surface area contributed by atoms with Crippen LogP contribution in [-0.2, 0) is 16.5 Å². The number of hydrogen-bond donors (Lipinski definition) is 0. The van der Waals surface area contributed by atoms with Crippen LogP contribution in [-0.4, -0.2) is 11.4 Å². The molecule has 0 radical (unpaired) electrons. The van der Waals surface area contributed by atoms with E-state index in [9.17, 15) is 0 Å². The van der Waals surface area contributed by atoms with E-state index in [-0.39, 0.29) is 28.3 Å². The van der Waals surface area contributed by atoms with Gasteiger partial charge in [0.05, 0.1) is 5.69 Å². The van der Waals surface area contributed by atoms with Crippen LogP contribution in [0, 0.1) is 13.8 Å². The van der Waals surface area contributed by atoms with Crippen LogP contribution in [0.3, 0.4) is 0 Å². The van der Waals surface area contributed by atoms with E-state index in [2.05, 4.69) is 172 Å². The molecule has 0 amide bonds. The molecule has 0 saturated carbocycles. The molecular weight excluding hydrogens is 603 g/mol. The molecule has 230 valence electrons. The molecule has 0 aliphatic rings. The van der Waals surface area contributed by atoms with E-state index in [4.69, 9.17) is 9.98 Å². The zero-order chi connectivity index (χ0) is 31.0. The third-order valence-electron chi connectivity index (χ3n) is 8.23. The Kier molecular flexibility index (Phi) is 10.8. The van der Waals surface area contributed by atoms with Crippen molar-refractivity contribution in [3.8, 4) is 0 Å². The van der Waals surface area contributed by atoms with E-state index < -0.39 is 0 Å². The minimum atomic E-state index is 0. The molecule has 6 aromatic carbocycles. The van der Waals surface area contributed by atoms with Crippen molar-refractivity contribution in [2.45, 2.75) is 25.7 Å².